The highest BCUT2D eigenvalue weighted by Crippen LogP contribution is 2.55. The molecule has 0 amide bonds. The maximum absolute atomic E-state index is 11.4. The van der Waals surface area contributed by atoms with E-state index in [0.717, 1.165) is 6.42 Å². The van der Waals surface area contributed by atoms with Crippen molar-refractivity contribution < 1.29 is 20.1 Å². The third-order valence-electron chi connectivity index (χ3n) is 5.83. The van der Waals surface area contributed by atoms with Gasteiger partial charge in [-0.25, -0.2) is 0 Å². The van der Waals surface area contributed by atoms with Crippen LogP contribution in [0.4, 0.5) is 11.4 Å². The van der Waals surface area contributed by atoms with Gasteiger partial charge in [0.2, 0.25) is 0 Å². The molecule has 1 aliphatic rings. The van der Waals surface area contributed by atoms with Crippen molar-refractivity contribution in [2.24, 2.45) is 11.3 Å². The molecule has 0 aromatic heterocycles. The average molecular weight is 400 g/mol. The SMILES string of the molecule is CC1CC(C)(C)CC(c2ccc(O)c([N+](=O)[O-])c2)(c2ccc(O)c([N+](=O)[O-])c2)C1. The molecule has 2 aromatic rings. The molecule has 8 nitrogen and oxygen atoms in total. The van der Waals surface area contributed by atoms with Crippen molar-refractivity contribution in [3.63, 3.8) is 0 Å². The average Bonchev–Trinajstić information content (AvgIpc) is 2.60. The van der Waals surface area contributed by atoms with Crippen LogP contribution in [0.5, 0.6) is 11.5 Å². The number of phenols is 2. The van der Waals surface area contributed by atoms with Crippen molar-refractivity contribution in [3.05, 3.63) is 67.8 Å². The lowest BCUT2D eigenvalue weighted by Gasteiger charge is -2.48. The summed E-state index contributed by atoms with van der Waals surface area (Å²) < 4.78 is 0. The van der Waals surface area contributed by atoms with E-state index in [9.17, 15) is 30.4 Å². The van der Waals surface area contributed by atoms with Crippen LogP contribution in [0, 0.1) is 31.6 Å². The van der Waals surface area contributed by atoms with Gasteiger partial charge in [0.25, 0.3) is 0 Å². The predicted molar refractivity (Wildman–Crippen MR) is 107 cm³/mol. The Bertz CT molecular complexity index is 922. The van der Waals surface area contributed by atoms with Crippen LogP contribution in [0.25, 0.3) is 0 Å². The number of phenolic OH excluding ortho intramolecular Hbond substituents is 2. The maximum Gasteiger partial charge on any atom is 0.310 e. The number of nitro benzene ring substituents is 2. The molecule has 1 saturated carbocycles. The molecule has 0 bridgehead atoms. The van der Waals surface area contributed by atoms with E-state index in [4.69, 9.17) is 0 Å². The van der Waals surface area contributed by atoms with E-state index in [1.165, 1.54) is 24.3 Å². The van der Waals surface area contributed by atoms with Crippen LogP contribution in [0.3, 0.4) is 0 Å². The van der Waals surface area contributed by atoms with Gasteiger partial charge in [-0.15, -0.1) is 0 Å². The van der Waals surface area contributed by atoms with E-state index >= 15 is 0 Å². The highest BCUT2D eigenvalue weighted by Gasteiger charge is 2.46. The summed E-state index contributed by atoms with van der Waals surface area (Å²) in [6.07, 6.45) is 2.21. The van der Waals surface area contributed by atoms with Gasteiger partial charge < -0.3 is 10.2 Å². The molecule has 1 unspecified atom stereocenters. The van der Waals surface area contributed by atoms with E-state index in [1.54, 1.807) is 12.1 Å². The first-order valence-electron chi connectivity index (χ1n) is 9.41. The van der Waals surface area contributed by atoms with Crippen LogP contribution >= 0.6 is 0 Å². The smallest absolute Gasteiger partial charge is 0.310 e. The van der Waals surface area contributed by atoms with Crippen LogP contribution in [0.15, 0.2) is 36.4 Å². The Kier molecular flexibility index (Phi) is 4.98. The van der Waals surface area contributed by atoms with Crippen LogP contribution in [-0.4, -0.2) is 20.1 Å². The molecule has 1 atom stereocenters. The molecule has 0 radical (unpaired) electrons. The minimum Gasteiger partial charge on any atom is -0.502 e. The van der Waals surface area contributed by atoms with Gasteiger partial charge in [0, 0.05) is 17.5 Å². The molecule has 29 heavy (non-hydrogen) atoms. The summed E-state index contributed by atoms with van der Waals surface area (Å²) in [7, 11) is 0. The molecule has 2 aromatic carbocycles. The molecular formula is C21H24N2O6. The van der Waals surface area contributed by atoms with Gasteiger partial charge in [0.05, 0.1) is 9.85 Å². The normalized spacial score (nSPS) is 20.2. The second-order valence-corrected chi connectivity index (χ2v) is 8.86. The maximum atomic E-state index is 11.4. The van der Waals surface area contributed by atoms with Gasteiger partial charge in [0.1, 0.15) is 0 Å². The number of aromatic hydroxyl groups is 2. The fourth-order valence-electron chi connectivity index (χ4n) is 5.11. The van der Waals surface area contributed by atoms with Gasteiger partial charge >= 0.3 is 11.4 Å². The Balaban J connectivity index is 2.30. The predicted octanol–water partition coefficient (Wildman–Crippen LogP) is 5.05. The minimum atomic E-state index is -0.724. The lowest BCUT2D eigenvalue weighted by Crippen LogP contribution is -2.41. The first kappa shape index (κ1) is 20.6. The summed E-state index contributed by atoms with van der Waals surface area (Å²) in [6, 6.07) is 8.63. The van der Waals surface area contributed by atoms with Crippen LogP contribution in [0.1, 0.15) is 51.2 Å². The standard InChI is InChI=1S/C21H24N2O6/c1-13-10-20(2,3)12-21(11-13,14-4-6-18(24)16(8-14)22(26)27)15-5-7-19(25)17(9-15)23(28)29/h4-9,13,24-25H,10-12H2,1-3H3. The zero-order chi connectivity index (χ0) is 21.6. The molecular weight excluding hydrogens is 376 g/mol. The quantitative estimate of drug-likeness (QED) is 0.546. The second-order valence-electron chi connectivity index (χ2n) is 8.86. The molecule has 8 heteroatoms. The molecule has 154 valence electrons. The van der Waals surface area contributed by atoms with Gasteiger partial charge in [0.15, 0.2) is 11.5 Å². The van der Waals surface area contributed by atoms with E-state index in [-0.39, 0.29) is 11.3 Å². The number of rotatable bonds is 4. The topological polar surface area (TPSA) is 127 Å². The van der Waals surface area contributed by atoms with Crippen molar-refractivity contribution >= 4 is 11.4 Å². The minimum absolute atomic E-state index is 0.114. The highest BCUT2D eigenvalue weighted by atomic mass is 16.6. The third-order valence-corrected chi connectivity index (χ3v) is 5.83. The fourth-order valence-corrected chi connectivity index (χ4v) is 5.11. The number of nitro groups is 2. The summed E-state index contributed by atoms with van der Waals surface area (Å²) in [4.78, 5) is 21.5. The van der Waals surface area contributed by atoms with Gasteiger partial charge in [-0.3, -0.25) is 20.2 Å². The summed E-state index contributed by atoms with van der Waals surface area (Å²) >= 11 is 0. The van der Waals surface area contributed by atoms with Crippen molar-refractivity contribution in [3.8, 4) is 11.5 Å². The van der Waals surface area contributed by atoms with E-state index < -0.39 is 38.1 Å². The lowest BCUT2D eigenvalue weighted by molar-refractivity contribution is -0.386. The highest BCUT2D eigenvalue weighted by molar-refractivity contribution is 5.56. The molecule has 0 heterocycles. The number of benzene rings is 2. The summed E-state index contributed by atoms with van der Waals surface area (Å²) in [5.41, 5.74) is -0.379. The molecule has 3 rings (SSSR count). The summed E-state index contributed by atoms with van der Waals surface area (Å²) in [6.45, 7) is 6.32. The first-order valence-corrected chi connectivity index (χ1v) is 9.41. The largest absolute Gasteiger partial charge is 0.502 e. The first-order chi connectivity index (χ1) is 13.4. The second kappa shape index (κ2) is 7.02. The van der Waals surface area contributed by atoms with Crippen molar-refractivity contribution in [2.45, 2.75) is 45.4 Å². The number of nitrogens with zero attached hydrogens (tertiary/aromatic N) is 2. The fraction of sp³-hybridized carbons (Fsp3) is 0.429. The Morgan fingerprint density at radius 2 is 1.34 bits per heavy atom. The zero-order valence-corrected chi connectivity index (χ0v) is 16.6. The Labute approximate surface area is 168 Å². The van der Waals surface area contributed by atoms with E-state index in [1.807, 2.05) is 0 Å². The molecule has 1 aliphatic carbocycles. The number of hydrogen-bond acceptors (Lipinski definition) is 6. The van der Waals surface area contributed by atoms with Crippen LogP contribution in [-0.2, 0) is 5.41 Å². The van der Waals surface area contributed by atoms with Gasteiger partial charge in [-0.05, 0) is 53.9 Å². The van der Waals surface area contributed by atoms with Crippen molar-refractivity contribution in [2.75, 3.05) is 0 Å². The number of hydrogen-bond donors (Lipinski definition) is 2. The molecule has 2 N–H and O–H groups in total. The van der Waals surface area contributed by atoms with E-state index in [0.29, 0.717) is 24.0 Å². The molecule has 0 aliphatic heterocycles. The van der Waals surface area contributed by atoms with Crippen molar-refractivity contribution in [1.82, 2.24) is 0 Å². The monoisotopic (exact) mass is 400 g/mol. The summed E-state index contributed by atoms with van der Waals surface area (Å²) in [5.74, 6) is -0.582. The van der Waals surface area contributed by atoms with Crippen LogP contribution in [0.2, 0.25) is 0 Å². The van der Waals surface area contributed by atoms with Gasteiger partial charge in [-0.2, -0.15) is 0 Å². The Morgan fingerprint density at radius 1 is 0.897 bits per heavy atom. The molecule has 0 spiro atoms. The molecule has 1 fully saturated rings. The van der Waals surface area contributed by atoms with Gasteiger partial charge in [-0.1, -0.05) is 32.9 Å². The lowest BCUT2D eigenvalue weighted by atomic mass is 9.55. The zero-order valence-electron chi connectivity index (χ0n) is 16.6. The van der Waals surface area contributed by atoms with Crippen LogP contribution < -0.4 is 0 Å². The van der Waals surface area contributed by atoms with E-state index in [2.05, 4.69) is 20.8 Å². The Morgan fingerprint density at radius 3 is 1.72 bits per heavy atom. The Hall–Kier alpha value is -3.16. The summed E-state index contributed by atoms with van der Waals surface area (Å²) in [5, 5.41) is 42.6. The molecule has 0 saturated heterocycles. The van der Waals surface area contributed by atoms with Crippen molar-refractivity contribution in [1.29, 1.82) is 0 Å². The third kappa shape index (κ3) is 3.74.